The van der Waals surface area contributed by atoms with Gasteiger partial charge in [-0.2, -0.15) is 5.26 Å². The van der Waals surface area contributed by atoms with Crippen LogP contribution in [0.5, 0.6) is 0 Å². The minimum Gasteiger partial charge on any atom is -0.396 e. The van der Waals surface area contributed by atoms with Crippen molar-refractivity contribution in [2.45, 2.75) is 19.8 Å². The number of hydrazine groups is 1. The van der Waals surface area contributed by atoms with Crippen molar-refractivity contribution in [1.29, 1.82) is 5.26 Å². The fourth-order valence-electron chi connectivity index (χ4n) is 2.24. The Kier molecular flexibility index (Phi) is 4.82. The molecular formula is C18H20N4. The van der Waals surface area contributed by atoms with Gasteiger partial charge in [0.2, 0.25) is 0 Å². The maximum absolute atomic E-state index is 9.00. The van der Waals surface area contributed by atoms with Crippen molar-refractivity contribution >= 4 is 5.70 Å². The molecule has 0 unspecified atom stereocenters. The molecule has 112 valence electrons. The van der Waals surface area contributed by atoms with Crippen LogP contribution >= 0.6 is 0 Å². The van der Waals surface area contributed by atoms with Crippen molar-refractivity contribution in [3.05, 3.63) is 65.4 Å². The summed E-state index contributed by atoms with van der Waals surface area (Å²) in [6.45, 7) is 4.34. The fourth-order valence-corrected chi connectivity index (χ4v) is 2.24. The largest absolute Gasteiger partial charge is 0.396 e. The smallest absolute Gasteiger partial charge is 0.151 e. The van der Waals surface area contributed by atoms with Crippen LogP contribution in [0.3, 0.4) is 0 Å². The minimum atomic E-state index is 0.160. The van der Waals surface area contributed by atoms with Gasteiger partial charge in [0.1, 0.15) is 6.07 Å². The lowest BCUT2D eigenvalue weighted by Gasteiger charge is -2.10. The lowest BCUT2D eigenvalue weighted by molar-refractivity contribution is 0.867. The monoisotopic (exact) mass is 292 g/mol. The molecule has 5 N–H and O–H groups in total. The molecule has 0 spiro atoms. The number of nitriles is 1. The van der Waals surface area contributed by atoms with E-state index in [1.807, 2.05) is 30.3 Å². The molecule has 0 aliphatic heterocycles. The quantitative estimate of drug-likeness (QED) is 0.459. The summed E-state index contributed by atoms with van der Waals surface area (Å²) in [5.74, 6) is 5.81. The summed E-state index contributed by atoms with van der Waals surface area (Å²) in [6.07, 6.45) is 0. The fraction of sp³-hybridized carbons (Fsp3) is 0.167. The zero-order valence-electron chi connectivity index (χ0n) is 12.8. The van der Waals surface area contributed by atoms with Crippen LogP contribution in [0.2, 0.25) is 0 Å². The van der Waals surface area contributed by atoms with Crippen LogP contribution in [0.15, 0.2) is 54.2 Å². The van der Waals surface area contributed by atoms with E-state index >= 15 is 0 Å². The summed E-state index contributed by atoms with van der Waals surface area (Å²) >= 11 is 0. The zero-order valence-corrected chi connectivity index (χ0v) is 12.8. The molecule has 0 saturated carbocycles. The number of nitrogens with zero attached hydrogens (tertiary/aromatic N) is 1. The van der Waals surface area contributed by atoms with Crippen molar-refractivity contribution in [3.8, 4) is 17.2 Å². The molecule has 4 heteroatoms. The molecule has 0 saturated heterocycles. The second-order valence-electron chi connectivity index (χ2n) is 5.40. The first-order valence-electron chi connectivity index (χ1n) is 7.14. The van der Waals surface area contributed by atoms with Gasteiger partial charge in [0, 0.05) is 5.56 Å². The number of nitrogens with one attached hydrogen (secondary N) is 1. The number of nitrogens with two attached hydrogens (primary N) is 2. The number of rotatable bonds is 4. The van der Waals surface area contributed by atoms with Gasteiger partial charge in [0.05, 0.1) is 5.70 Å². The van der Waals surface area contributed by atoms with Gasteiger partial charge in [0.25, 0.3) is 0 Å². The lowest BCUT2D eigenvalue weighted by atomic mass is 9.97. The Balaban J connectivity index is 2.41. The molecule has 0 amide bonds. The predicted molar refractivity (Wildman–Crippen MR) is 90.0 cm³/mol. The van der Waals surface area contributed by atoms with Gasteiger partial charge in [-0.05, 0) is 28.7 Å². The third kappa shape index (κ3) is 3.27. The summed E-state index contributed by atoms with van der Waals surface area (Å²) in [5, 5.41) is 9.00. The third-order valence-corrected chi connectivity index (χ3v) is 3.61. The molecule has 2 rings (SSSR count). The van der Waals surface area contributed by atoms with Gasteiger partial charge in [-0.25, -0.2) is 5.84 Å². The molecule has 2 aromatic rings. The zero-order chi connectivity index (χ0) is 16.1. The van der Waals surface area contributed by atoms with E-state index in [9.17, 15) is 0 Å². The Morgan fingerprint density at radius 1 is 1.09 bits per heavy atom. The maximum Gasteiger partial charge on any atom is 0.151 e. The number of benzene rings is 2. The summed E-state index contributed by atoms with van der Waals surface area (Å²) < 4.78 is 0. The SMILES string of the molecule is CC(C)c1ccc(-c2cccc(/C(N)=C(\C#N)NN)c2)cc1. The van der Waals surface area contributed by atoms with Crippen LogP contribution in [-0.2, 0) is 0 Å². The van der Waals surface area contributed by atoms with Crippen LogP contribution < -0.4 is 17.0 Å². The second-order valence-corrected chi connectivity index (χ2v) is 5.40. The van der Waals surface area contributed by atoms with Gasteiger partial charge in [-0.1, -0.05) is 56.3 Å². The normalized spacial score (nSPS) is 11.8. The number of hydrogen-bond acceptors (Lipinski definition) is 4. The molecule has 0 radical (unpaired) electrons. The Bertz CT molecular complexity index is 721. The van der Waals surface area contributed by atoms with Gasteiger partial charge in [-0.3, -0.25) is 0 Å². The average molecular weight is 292 g/mol. The van der Waals surface area contributed by atoms with Gasteiger partial charge >= 0.3 is 0 Å². The molecule has 4 nitrogen and oxygen atoms in total. The van der Waals surface area contributed by atoms with Crippen molar-refractivity contribution in [1.82, 2.24) is 5.43 Å². The minimum absolute atomic E-state index is 0.160. The topological polar surface area (TPSA) is 87.9 Å². The van der Waals surface area contributed by atoms with Crippen molar-refractivity contribution < 1.29 is 0 Å². The van der Waals surface area contributed by atoms with Gasteiger partial charge in [0.15, 0.2) is 5.70 Å². The van der Waals surface area contributed by atoms with Crippen LogP contribution in [0.1, 0.15) is 30.9 Å². The molecule has 0 aromatic heterocycles. The predicted octanol–water partition coefficient (Wildman–Crippen LogP) is 3.09. The van der Waals surface area contributed by atoms with Crippen molar-refractivity contribution in [2.75, 3.05) is 0 Å². The first-order chi connectivity index (χ1) is 10.6. The number of hydrogen-bond donors (Lipinski definition) is 3. The van der Waals surface area contributed by atoms with E-state index in [4.69, 9.17) is 16.8 Å². The van der Waals surface area contributed by atoms with Gasteiger partial charge < -0.3 is 11.2 Å². The third-order valence-electron chi connectivity index (χ3n) is 3.61. The van der Waals surface area contributed by atoms with Crippen LogP contribution in [-0.4, -0.2) is 0 Å². The van der Waals surface area contributed by atoms with Crippen LogP contribution in [0.4, 0.5) is 0 Å². The molecule has 2 aromatic carbocycles. The summed E-state index contributed by atoms with van der Waals surface area (Å²) in [4.78, 5) is 0. The highest BCUT2D eigenvalue weighted by Gasteiger charge is 2.07. The Morgan fingerprint density at radius 3 is 2.32 bits per heavy atom. The Morgan fingerprint density at radius 2 is 1.77 bits per heavy atom. The van der Waals surface area contributed by atoms with E-state index in [1.165, 1.54) is 5.56 Å². The average Bonchev–Trinajstić information content (AvgIpc) is 2.56. The van der Waals surface area contributed by atoms with E-state index < -0.39 is 0 Å². The van der Waals surface area contributed by atoms with E-state index in [1.54, 1.807) is 0 Å². The van der Waals surface area contributed by atoms with Crippen LogP contribution in [0, 0.1) is 11.3 Å². The first kappa shape index (κ1) is 15.6. The van der Waals surface area contributed by atoms with E-state index in [0.29, 0.717) is 11.6 Å². The van der Waals surface area contributed by atoms with Crippen molar-refractivity contribution in [3.63, 3.8) is 0 Å². The molecule has 0 bridgehead atoms. The molecule has 0 heterocycles. The molecule has 22 heavy (non-hydrogen) atoms. The highest BCUT2D eigenvalue weighted by Crippen LogP contribution is 2.25. The Hall–Kier alpha value is -2.77. The van der Waals surface area contributed by atoms with E-state index in [2.05, 4.69) is 43.5 Å². The highest BCUT2D eigenvalue weighted by molar-refractivity contribution is 5.74. The number of allylic oxidation sites excluding steroid dienone is 1. The molecule has 0 aliphatic rings. The summed E-state index contributed by atoms with van der Waals surface area (Å²) in [6, 6.07) is 18.2. The van der Waals surface area contributed by atoms with E-state index in [-0.39, 0.29) is 5.70 Å². The maximum atomic E-state index is 9.00. The lowest BCUT2D eigenvalue weighted by Crippen LogP contribution is -2.23. The molecule has 0 fully saturated rings. The van der Waals surface area contributed by atoms with Crippen molar-refractivity contribution in [2.24, 2.45) is 11.6 Å². The first-order valence-corrected chi connectivity index (χ1v) is 7.14. The summed E-state index contributed by atoms with van der Waals surface area (Å²) in [5.41, 5.74) is 13.0. The van der Waals surface area contributed by atoms with E-state index in [0.717, 1.165) is 16.7 Å². The van der Waals surface area contributed by atoms with Gasteiger partial charge in [-0.15, -0.1) is 0 Å². The Labute approximate surface area is 131 Å². The van der Waals surface area contributed by atoms with Crippen LogP contribution in [0.25, 0.3) is 16.8 Å². The summed E-state index contributed by atoms with van der Waals surface area (Å²) in [7, 11) is 0. The molecule has 0 atom stereocenters. The standard InChI is InChI=1S/C18H20N4/c1-12(2)13-6-8-14(9-7-13)15-4-3-5-16(10-15)18(20)17(11-19)22-21/h3-10,12,22H,20-21H2,1-2H3/b18-17-. The highest BCUT2D eigenvalue weighted by atomic mass is 15.2. The second kappa shape index (κ2) is 6.79. The molecular weight excluding hydrogens is 272 g/mol. The molecule has 0 aliphatic carbocycles.